The second-order valence-electron chi connectivity index (χ2n) is 3.72. The number of aryl methyl sites for hydroxylation is 1. The van der Waals surface area contributed by atoms with Crippen LogP contribution in [-0.4, -0.2) is 22.2 Å². The lowest BCUT2D eigenvalue weighted by Gasteiger charge is -2.10. The van der Waals surface area contributed by atoms with Gasteiger partial charge in [-0.1, -0.05) is 18.2 Å². The van der Waals surface area contributed by atoms with Crippen molar-refractivity contribution >= 4 is 22.6 Å². The fourth-order valence-corrected chi connectivity index (χ4v) is 1.73. The van der Waals surface area contributed by atoms with Crippen molar-refractivity contribution in [1.29, 1.82) is 0 Å². The molecule has 0 amide bonds. The van der Waals surface area contributed by atoms with Crippen LogP contribution in [-0.2, 0) is 11.8 Å². The number of aromatic nitrogens is 1. The summed E-state index contributed by atoms with van der Waals surface area (Å²) < 4.78 is 1.53. The maximum Gasteiger partial charge on any atom is 0.322 e. The fraction of sp³-hybridized carbons (Fsp3) is 0.167. The van der Waals surface area contributed by atoms with Crippen LogP contribution in [0.2, 0.25) is 0 Å². The van der Waals surface area contributed by atoms with Gasteiger partial charge in [0.15, 0.2) is 0 Å². The van der Waals surface area contributed by atoms with Crippen LogP contribution >= 0.6 is 0 Å². The number of carboxylic acids is 1. The van der Waals surface area contributed by atoms with Crippen LogP contribution in [0.1, 0.15) is 0 Å². The molecule has 0 fully saturated rings. The molecular weight excluding hydrogens is 220 g/mol. The number of benzene rings is 1. The number of fused-ring (bicyclic) bond motifs is 1. The molecule has 1 aromatic carbocycles. The lowest BCUT2D eigenvalue weighted by molar-refractivity contribution is -0.134. The first-order valence-corrected chi connectivity index (χ1v) is 5.14. The zero-order valence-electron chi connectivity index (χ0n) is 9.30. The van der Waals surface area contributed by atoms with Crippen LogP contribution < -0.4 is 10.9 Å². The van der Waals surface area contributed by atoms with Crippen molar-refractivity contribution in [3.05, 3.63) is 40.7 Å². The molecule has 2 N–H and O–H groups in total. The van der Waals surface area contributed by atoms with Gasteiger partial charge in [-0.3, -0.25) is 9.59 Å². The molecule has 17 heavy (non-hydrogen) atoms. The topological polar surface area (TPSA) is 71.3 Å². The summed E-state index contributed by atoms with van der Waals surface area (Å²) in [7, 11) is 1.69. The van der Waals surface area contributed by atoms with E-state index in [0.29, 0.717) is 5.69 Å². The van der Waals surface area contributed by atoms with Gasteiger partial charge in [0, 0.05) is 24.2 Å². The first-order chi connectivity index (χ1) is 8.09. The highest BCUT2D eigenvalue weighted by molar-refractivity contribution is 5.92. The smallest absolute Gasteiger partial charge is 0.322 e. The first kappa shape index (κ1) is 11.2. The Morgan fingerprint density at radius 1 is 1.41 bits per heavy atom. The van der Waals surface area contributed by atoms with Crippen molar-refractivity contribution in [2.75, 3.05) is 11.9 Å². The van der Waals surface area contributed by atoms with Crippen molar-refractivity contribution in [2.45, 2.75) is 0 Å². The van der Waals surface area contributed by atoms with Gasteiger partial charge in [0.25, 0.3) is 5.56 Å². The molecule has 88 valence electrons. The van der Waals surface area contributed by atoms with Crippen LogP contribution in [0.25, 0.3) is 10.9 Å². The minimum absolute atomic E-state index is 0.170. The highest BCUT2D eigenvalue weighted by Crippen LogP contribution is 2.20. The Kier molecular flexibility index (Phi) is 2.82. The summed E-state index contributed by atoms with van der Waals surface area (Å²) in [5, 5.41) is 12.2. The van der Waals surface area contributed by atoms with E-state index in [4.69, 9.17) is 5.11 Å². The molecule has 0 bridgehead atoms. The largest absolute Gasteiger partial charge is 0.480 e. The number of hydrogen-bond donors (Lipinski definition) is 2. The number of nitrogens with one attached hydrogen (secondary N) is 1. The highest BCUT2D eigenvalue weighted by Gasteiger charge is 2.06. The van der Waals surface area contributed by atoms with Gasteiger partial charge >= 0.3 is 5.97 Å². The zero-order valence-corrected chi connectivity index (χ0v) is 9.30. The highest BCUT2D eigenvalue weighted by atomic mass is 16.4. The normalized spacial score (nSPS) is 10.4. The molecule has 5 nitrogen and oxygen atoms in total. The molecular formula is C12H12N2O3. The molecule has 0 aliphatic carbocycles. The Morgan fingerprint density at radius 3 is 2.82 bits per heavy atom. The number of pyridine rings is 1. The van der Waals surface area contributed by atoms with Gasteiger partial charge in [-0.25, -0.2) is 0 Å². The number of para-hydroxylation sites is 1. The Bertz CT molecular complexity index is 631. The third kappa shape index (κ3) is 2.13. The molecule has 2 rings (SSSR count). The average molecular weight is 232 g/mol. The van der Waals surface area contributed by atoms with E-state index in [0.717, 1.165) is 10.9 Å². The van der Waals surface area contributed by atoms with Crippen molar-refractivity contribution in [3.8, 4) is 0 Å². The predicted molar refractivity (Wildman–Crippen MR) is 65.3 cm³/mol. The van der Waals surface area contributed by atoms with Gasteiger partial charge in [0.2, 0.25) is 0 Å². The first-order valence-electron chi connectivity index (χ1n) is 5.14. The summed E-state index contributed by atoms with van der Waals surface area (Å²) >= 11 is 0. The Hall–Kier alpha value is -2.30. The second-order valence-corrected chi connectivity index (χ2v) is 3.72. The van der Waals surface area contributed by atoms with Crippen molar-refractivity contribution < 1.29 is 9.90 Å². The van der Waals surface area contributed by atoms with E-state index in [-0.39, 0.29) is 12.1 Å². The van der Waals surface area contributed by atoms with Gasteiger partial charge in [-0.05, 0) is 6.07 Å². The van der Waals surface area contributed by atoms with Crippen molar-refractivity contribution in [2.24, 2.45) is 7.05 Å². The van der Waals surface area contributed by atoms with E-state index in [9.17, 15) is 9.59 Å². The standard InChI is InChI=1S/C12H12N2O3/c1-14-10-5-3-2-4-8(10)9(6-11(14)15)13-7-12(16)17/h2-6,13H,7H2,1H3,(H,16,17). The number of nitrogens with zero attached hydrogens (tertiary/aromatic N) is 1. The third-order valence-corrected chi connectivity index (χ3v) is 2.58. The summed E-state index contributed by atoms with van der Waals surface area (Å²) in [5.41, 5.74) is 1.15. The molecule has 0 unspecified atom stereocenters. The summed E-state index contributed by atoms with van der Waals surface area (Å²) in [6.45, 7) is -0.211. The van der Waals surface area contributed by atoms with E-state index in [2.05, 4.69) is 5.32 Å². The summed E-state index contributed by atoms with van der Waals surface area (Å²) in [6, 6.07) is 8.76. The SMILES string of the molecule is Cn1c(=O)cc(NCC(=O)O)c2ccccc21. The summed E-state index contributed by atoms with van der Waals surface area (Å²) in [6.07, 6.45) is 0. The van der Waals surface area contributed by atoms with Gasteiger partial charge < -0.3 is 15.0 Å². The number of aliphatic carboxylic acids is 1. The van der Waals surface area contributed by atoms with Crippen molar-refractivity contribution in [3.63, 3.8) is 0 Å². The van der Waals surface area contributed by atoms with Crippen LogP contribution in [0.5, 0.6) is 0 Å². The monoisotopic (exact) mass is 232 g/mol. The minimum Gasteiger partial charge on any atom is -0.480 e. The summed E-state index contributed by atoms with van der Waals surface area (Å²) in [4.78, 5) is 22.2. The van der Waals surface area contributed by atoms with E-state index < -0.39 is 5.97 Å². The quantitative estimate of drug-likeness (QED) is 0.829. The Labute approximate surface area is 97.3 Å². The molecule has 0 radical (unpaired) electrons. The van der Waals surface area contributed by atoms with Crippen LogP contribution in [0.3, 0.4) is 0 Å². The molecule has 0 saturated carbocycles. The molecule has 0 aliphatic heterocycles. The predicted octanol–water partition coefficient (Wildman–Crippen LogP) is 1.03. The average Bonchev–Trinajstić information content (AvgIpc) is 2.32. The number of hydrogen-bond acceptors (Lipinski definition) is 3. The molecule has 1 aromatic heterocycles. The van der Waals surface area contributed by atoms with Crippen molar-refractivity contribution in [1.82, 2.24) is 4.57 Å². The lowest BCUT2D eigenvalue weighted by Crippen LogP contribution is -2.19. The maximum absolute atomic E-state index is 11.7. The Balaban J connectivity index is 2.59. The maximum atomic E-state index is 11.7. The molecule has 1 heterocycles. The van der Waals surface area contributed by atoms with Crippen LogP contribution in [0.4, 0.5) is 5.69 Å². The minimum atomic E-state index is -0.963. The lowest BCUT2D eigenvalue weighted by atomic mass is 10.2. The zero-order chi connectivity index (χ0) is 12.4. The van der Waals surface area contributed by atoms with E-state index in [1.54, 1.807) is 7.05 Å². The number of anilines is 1. The molecule has 0 spiro atoms. The van der Waals surface area contributed by atoms with Gasteiger partial charge in [0.05, 0.1) is 5.52 Å². The molecule has 0 saturated heterocycles. The fourth-order valence-electron chi connectivity index (χ4n) is 1.73. The second kappa shape index (κ2) is 4.29. The van der Waals surface area contributed by atoms with Gasteiger partial charge in [-0.15, -0.1) is 0 Å². The molecule has 5 heteroatoms. The van der Waals surface area contributed by atoms with E-state index in [1.807, 2.05) is 24.3 Å². The number of carbonyl (C=O) groups is 1. The van der Waals surface area contributed by atoms with E-state index >= 15 is 0 Å². The molecule has 0 aliphatic rings. The third-order valence-electron chi connectivity index (χ3n) is 2.58. The number of carboxylic acid groups (broad SMARTS) is 1. The summed E-state index contributed by atoms with van der Waals surface area (Å²) in [5.74, 6) is -0.963. The van der Waals surface area contributed by atoms with E-state index in [1.165, 1.54) is 10.6 Å². The molecule has 0 atom stereocenters. The number of rotatable bonds is 3. The van der Waals surface area contributed by atoms with Crippen LogP contribution in [0, 0.1) is 0 Å². The van der Waals surface area contributed by atoms with Crippen LogP contribution in [0.15, 0.2) is 35.1 Å². The van der Waals surface area contributed by atoms with Gasteiger partial charge in [-0.2, -0.15) is 0 Å². The van der Waals surface area contributed by atoms with Gasteiger partial charge in [0.1, 0.15) is 6.54 Å². The Morgan fingerprint density at radius 2 is 2.12 bits per heavy atom. The molecule has 2 aromatic rings.